The minimum atomic E-state index is -0.255. The van der Waals surface area contributed by atoms with Gasteiger partial charge in [0.1, 0.15) is 5.52 Å². The van der Waals surface area contributed by atoms with E-state index in [2.05, 4.69) is 36.9 Å². The lowest BCUT2D eigenvalue weighted by Crippen LogP contribution is -2.45. The Bertz CT molecular complexity index is 1200. The summed E-state index contributed by atoms with van der Waals surface area (Å²) in [6.07, 6.45) is 1.76. The van der Waals surface area contributed by atoms with Crippen molar-refractivity contribution in [1.29, 1.82) is 0 Å². The highest BCUT2D eigenvalue weighted by Crippen LogP contribution is 2.22. The second kappa shape index (κ2) is 6.85. The Balaban J connectivity index is 1.47. The van der Waals surface area contributed by atoms with Crippen LogP contribution in [0.25, 0.3) is 28.4 Å². The van der Waals surface area contributed by atoms with Gasteiger partial charge in [0.05, 0.1) is 11.4 Å². The molecule has 0 bridgehead atoms. The lowest BCUT2D eigenvalue weighted by molar-refractivity contribution is 0.311. The molecule has 148 valence electrons. The first kappa shape index (κ1) is 17.6. The molecular weight excluding hydrogens is 370 g/mol. The summed E-state index contributed by atoms with van der Waals surface area (Å²) in [5.74, 6) is 0.722. The van der Waals surface area contributed by atoms with Crippen molar-refractivity contribution in [3.8, 4) is 17.3 Å². The number of nitrogens with one attached hydrogen (secondary N) is 1. The Morgan fingerprint density at radius 3 is 2.66 bits per heavy atom. The molecule has 1 N–H and O–H groups in total. The van der Waals surface area contributed by atoms with Crippen molar-refractivity contribution < 1.29 is 4.42 Å². The number of aromatic amines is 1. The molecule has 1 aromatic carbocycles. The van der Waals surface area contributed by atoms with Crippen LogP contribution in [0, 0.1) is 6.92 Å². The SMILES string of the molecule is Cc1nc(N2CCN(C)CC2)ncc1-c1cc(=O)n(-c2nc3ccccc3o2)[nH]1. The van der Waals surface area contributed by atoms with Crippen molar-refractivity contribution in [2.24, 2.45) is 0 Å². The molecular formula is C20H21N7O2. The van der Waals surface area contributed by atoms with Gasteiger partial charge in [0, 0.05) is 44.0 Å². The lowest BCUT2D eigenvalue weighted by atomic mass is 10.2. The van der Waals surface area contributed by atoms with Gasteiger partial charge in [-0.15, -0.1) is 0 Å². The molecule has 3 aromatic heterocycles. The van der Waals surface area contributed by atoms with Crippen LogP contribution in [0.3, 0.4) is 0 Å². The predicted octanol–water partition coefficient (Wildman–Crippen LogP) is 1.82. The largest absolute Gasteiger partial charge is 0.422 e. The quantitative estimate of drug-likeness (QED) is 0.569. The number of likely N-dealkylation sites (N-methyl/N-ethyl adjacent to an activating group) is 1. The number of hydrogen-bond donors (Lipinski definition) is 1. The van der Waals surface area contributed by atoms with Gasteiger partial charge in [0.25, 0.3) is 5.56 Å². The Morgan fingerprint density at radius 2 is 1.90 bits per heavy atom. The number of rotatable bonds is 3. The van der Waals surface area contributed by atoms with Crippen molar-refractivity contribution in [2.45, 2.75) is 6.92 Å². The van der Waals surface area contributed by atoms with E-state index in [9.17, 15) is 4.79 Å². The van der Waals surface area contributed by atoms with Crippen molar-refractivity contribution in [3.05, 3.63) is 52.6 Å². The lowest BCUT2D eigenvalue weighted by Gasteiger charge is -2.32. The monoisotopic (exact) mass is 391 g/mol. The second-order valence-electron chi connectivity index (χ2n) is 7.27. The number of H-pyrrole nitrogens is 1. The second-order valence-corrected chi connectivity index (χ2v) is 7.27. The van der Waals surface area contributed by atoms with E-state index in [0.29, 0.717) is 16.8 Å². The summed E-state index contributed by atoms with van der Waals surface area (Å²) in [4.78, 5) is 30.6. The van der Waals surface area contributed by atoms with Crippen LogP contribution in [0.5, 0.6) is 0 Å². The van der Waals surface area contributed by atoms with Crippen LogP contribution in [0.4, 0.5) is 5.95 Å². The molecule has 0 atom stereocenters. The van der Waals surface area contributed by atoms with E-state index in [4.69, 9.17) is 4.42 Å². The molecule has 29 heavy (non-hydrogen) atoms. The highest BCUT2D eigenvalue weighted by molar-refractivity contribution is 5.73. The van der Waals surface area contributed by atoms with Crippen LogP contribution in [0.2, 0.25) is 0 Å². The van der Waals surface area contributed by atoms with Crippen molar-refractivity contribution in [1.82, 2.24) is 29.6 Å². The molecule has 1 aliphatic rings. The molecule has 5 rings (SSSR count). The molecule has 1 aliphatic heterocycles. The van der Waals surface area contributed by atoms with E-state index in [-0.39, 0.29) is 11.6 Å². The predicted molar refractivity (Wildman–Crippen MR) is 109 cm³/mol. The van der Waals surface area contributed by atoms with Gasteiger partial charge in [0.15, 0.2) is 5.58 Å². The fourth-order valence-electron chi connectivity index (χ4n) is 3.51. The van der Waals surface area contributed by atoms with Gasteiger partial charge >= 0.3 is 6.01 Å². The van der Waals surface area contributed by atoms with E-state index in [0.717, 1.165) is 43.4 Å². The minimum Gasteiger partial charge on any atom is -0.422 e. The number of para-hydroxylation sites is 2. The van der Waals surface area contributed by atoms with Gasteiger partial charge in [0.2, 0.25) is 5.95 Å². The van der Waals surface area contributed by atoms with Crippen LogP contribution < -0.4 is 10.5 Å². The van der Waals surface area contributed by atoms with E-state index >= 15 is 0 Å². The number of hydrogen-bond acceptors (Lipinski definition) is 7. The van der Waals surface area contributed by atoms with E-state index in [1.165, 1.54) is 10.7 Å². The number of oxazole rings is 1. The first-order valence-electron chi connectivity index (χ1n) is 9.54. The highest BCUT2D eigenvalue weighted by Gasteiger charge is 2.19. The fourth-order valence-corrected chi connectivity index (χ4v) is 3.51. The van der Waals surface area contributed by atoms with Crippen LogP contribution in [0.1, 0.15) is 5.69 Å². The van der Waals surface area contributed by atoms with E-state index in [1.807, 2.05) is 31.2 Å². The van der Waals surface area contributed by atoms with Crippen LogP contribution in [-0.2, 0) is 0 Å². The fraction of sp³-hybridized carbons (Fsp3) is 0.300. The number of aryl methyl sites for hydroxylation is 1. The summed E-state index contributed by atoms with van der Waals surface area (Å²) in [5, 5.41) is 3.07. The van der Waals surface area contributed by atoms with Crippen LogP contribution >= 0.6 is 0 Å². The standard InChI is InChI=1S/C20H21N7O2/c1-13-14(12-21-19(22-13)26-9-7-25(2)8-10-26)16-11-18(28)27(24-16)20-23-15-5-3-4-6-17(15)29-20/h3-6,11-12,24H,7-10H2,1-2H3. The Morgan fingerprint density at radius 1 is 1.10 bits per heavy atom. The maximum absolute atomic E-state index is 12.5. The van der Waals surface area contributed by atoms with Crippen molar-refractivity contribution >= 4 is 17.0 Å². The Kier molecular flexibility index (Phi) is 4.17. The zero-order valence-electron chi connectivity index (χ0n) is 16.3. The molecule has 4 heterocycles. The van der Waals surface area contributed by atoms with Crippen LogP contribution in [-0.4, -0.2) is 62.9 Å². The Hall–Kier alpha value is -3.46. The summed E-state index contributed by atoms with van der Waals surface area (Å²) in [5.41, 5.74) is 3.27. The van der Waals surface area contributed by atoms with Crippen LogP contribution in [0.15, 0.2) is 45.7 Å². The first-order chi connectivity index (χ1) is 14.1. The van der Waals surface area contributed by atoms with Gasteiger partial charge in [-0.1, -0.05) is 12.1 Å². The van der Waals surface area contributed by atoms with Gasteiger partial charge in [-0.3, -0.25) is 9.89 Å². The summed E-state index contributed by atoms with van der Waals surface area (Å²) >= 11 is 0. The average molecular weight is 391 g/mol. The topological polar surface area (TPSA) is 96.1 Å². The number of anilines is 1. The summed E-state index contributed by atoms with van der Waals surface area (Å²) in [6.45, 7) is 5.71. The molecule has 0 spiro atoms. The maximum Gasteiger partial charge on any atom is 0.325 e. The third kappa shape index (κ3) is 3.19. The number of benzene rings is 1. The molecule has 1 saturated heterocycles. The van der Waals surface area contributed by atoms with Gasteiger partial charge in [-0.25, -0.2) is 9.97 Å². The molecule has 9 heteroatoms. The van der Waals surface area contributed by atoms with Gasteiger partial charge < -0.3 is 14.2 Å². The smallest absolute Gasteiger partial charge is 0.325 e. The third-order valence-corrected chi connectivity index (χ3v) is 5.24. The van der Waals surface area contributed by atoms with Gasteiger partial charge in [-0.2, -0.15) is 9.67 Å². The minimum absolute atomic E-state index is 0.204. The molecule has 1 fully saturated rings. The van der Waals surface area contributed by atoms with Gasteiger partial charge in [-0.05, 0) is 26.1 Å². The molecule has 0 amide bonds. The number of piperazine rings is 1. The third-order valence-electron chi connectivity index (χ3n) is 5.24. The molecule has 0 saturated carbocycles. The molecule has 0 aliphatic carbocycles. The summed E-state index contributed by atoms with van der Waals surface area (Å²) in [7, 11) is 2.12. The Labute approximate surface area is 166 Å². The average Bonchev–Trinajstić information content (AvgIpc) is 3.31. The molecule has 4 aromatic rings. The number of aromatic nitrogens is 5. The highest BCUT2D eigenvalue weighted by atomic mass is 16.4. The zero-order valence-corrected chi connectivity index (χ0v) is 16.3. The normalized spacial score (nSPS) is 15.3. The number of fused-ring (bicyclic) bond motifs is 1. The van der Waals surface area contributed by atoms with Crippen molar-refractivity contribution in [2.75, 3.05) is 38.1 Å². The molecule has 0 radical (unpaired) electrons. The summed E-state index contributed by atoms with van der Waals surface area (Å²) < 4.78 is 6.99. The first-order valence-corrected chi connectivity index (χ1v) is 9.54. The summed E-state index contributed by atoms with van der Waals surface area (Å²) in [6, 6.07) is 9.11. The van der Waals surface area contributed by atoms with E-state index < -0.39 is 0 Å². The zero-order chi connectivity index (χ0) is 20.0. The number of nitrogens with zero attached hydrogens (tertiary/aromatic N) is 6. The molecule has 0 unspecified atom stereocenters. The van der Waals surface area contributed by atoms with E-state index in [1.54, 1.807) is 6.20 Å². The molecule has 9 nitrogen and oxygen atoms in total. The van der Waals surface area contributed by atoms with Crippen molar-refractivity contribution in [3.63, 3.8) is 0 Å². The maximum atomic E-state index is 12.5.